The van der Waals surface area contributed by atoms with Crippen molar-refractivity contribution in [2.24, 2.45) is 7.05 Å². The van der Waals surface area contributed by atoms with Crippen molar-refractivity contribution >= 4 is 11.5 Å². The van der Waals surface area contributed by atoms with E-state index in [1.54, 1.807) is 0 Å². The second-order valence-electron chi connectivity index (χ2n) is 7.38. The van der Waals surface area contributed by atoms with Gasteiger partial charge in [-0.3, -0.25) is 9.69 Å². The van der Waals surface area contributed by atoms with Crippen LogP contribution in [0.15, 0.2) is 30.3 Å². The second kappa shape index (κ2) is 7.04. The van der Waals surface area contributed by atoms with Gasteiger partial charge in [0, 0.05) is 55.4 Å². The molecular weight excluding hydrogens is 310 g/mol. The van der Waals surface area contributed by atoms with Crippen molar-refractivity contribution in [1.82, 2.24) is 9.47 Å². The average molecular weight is 339 g/mol. The van der Waals surface area contributed by atoms with Crippen LogP contribution in [0.4, 0.5) is 5.69 Å². The summed E-state index contributed by atoms with van der Waals surface area (Å²) in [5, 5.41) is 0. The first kappa shape index (κ1) is 17.7. The number of piperazine rings is 1. The van der Waals surface area contributed by atoms with E-state index in [1.807, 2.05) is 27.0 Å². The van der Waals surface area contributed by atoms with Crippen molar-refractivity contribution in [2.75, 3.05) is 31.1 Å². The molecule has 3 rings (SSSR count). The van der Waals surface area contributed by atoms with Crippen molar-refractivity contribution in [3.63, 3.8) is 0 Å². The summed E-state index contributed by atoms with van der Waals surface area (Å²) in [5.74, 6) is 0.234. The van der Waals surface area contributed by atoms with Crippen LogP contribution in [0.25, 0.3) is 0 Å². The Kier molecular flexibility index (Phi) is 5.00. The van der Waals surface area contributed by atoms with Crippen LogP contribution in [0.1, 0.15) is 34.2 Å². The Hall–Kier alpha value is -2.07. The number of carbonyl (C=O) groups is 1. The maximum Gasteiger partial charge on any atom is 0.178 e. The van der Waals surface area contributed by atoms with E-state index in [1.165, 1.54) is 11.3 Å². The lowest BCUT2D eigenvalue weighted by molar-refractivity contribution is 0.0916. The van der Waals surface area contributed by atoms with E-state index in [9.17, 15) is 4.79 Å². The van der Waals surface area contributed by atoms with Crippen LogP contribution in [0.3, 0.4) is 0 Å². The lowest BCUT2D eigenvalue weighted by Crippen LogP contribution is -2.53. The van der Waals surface area contributed by atoms with Gasteiger partial charge in [-0.25, -0.2) is 0 Å². The molecule has 0 spiro atoms. The van der Waals surface area contributed by atoms with Crippen molar-refractivity contribution in [3.05, 3.63) is 52.8 Å². The quantitative estimate of drug-likeness (QED) is 0.800. The molecule has 0 amide bonds. The molecule has 25 heavy (non-hydrogen) atoms. The van der Waals surface area contributed by atoms with Crippen LogP contribution in [-0.4, -0.2) is 47.5 Å². The van der Waals surface area contributed by atoms with Gasteiger partial charge in [-0.2, -0.15) is 0 Å². The third kappa shape index (κ3) is 3.64. The highest BCUT2D eigenvalue weighted by Gasteiger charge is 2.26. The average Bonchev–Trinajstić information content (AvgIpc) is 2.82. The number of aromatic nitrogens is 1. The summed E-state index contributed by atoms with van der Waals surface area (Å²) in [6, 6.07) is 11.1. The standard InChI is InChI=1S/C21H29N3O/c1-15-7-6-8-19(11-15)24-10-9-23(13-17(24)3)14-21(25)20-12-16(2)22(5)18(20)4/h6-8,11-12,17H,9-10,13-14H2,1-5H3. The predicted octanol–water partition coefficient (Wildman–Crippen LogP) is 3.34. The Balaban J connectivity index is 1.65. The molecule has 1 unspecified atom stereocenters. The van der Waals surface area contributed by atoms with Gasteiger partial charge < -0.3 is 9.47 Å². The van der Waals surface area contributed by atoms with Crippen LogP contribution >= 0.6 is 0 Å². The van der Waals surface area contributed by atoms with E-state index in [0.717, 1.165) is 36.6 Å². The van der Waals surface area contributed by atoms with Gasteiger partial charge in [-0.05, 0) is 51.5 Å². The Bertz CT molecular complexity index is 777. The number of anilines is 1. The first-order chi connectivity index (χ1) is 11.9. The highest BCUT2D eigenvalue weighted by Crippen LogP contribution is 2.22. The zero-order chi connectivity index (χ0) is 18.1. The fraction of sp³-hybridized carbons (Fsp3) is 0.476. The van der Waals surface area contributed by atoms with Gasteiger partial charge in [-0.1, -0.05) is 12.1 Å². The van der Waals surface area contributed by atoms with Crippen LogP contribution in [0, 0.1) is 20.8 Å². The van der Waals surface area contributed by atoms with Gasteiger partial charge in [0.25, 0.3) is 0 Å². The topological polar surface area (TPSA) is 28.5 Å². The number of nitrogens with zero attached hydrogens (tertiary/aromatic N) is 3. The molecule has 0 aliphatic carbocycles. The van der Waals surface area contributed by atoms with Crippen LogP contribution in [0.5, 0.6) is 0 Å². The lowest BCUT2D eigenvalue weighted by atomic mass is 10.1. The second-order valence-corrected chi connectivity index (χ2v) is 7.38. The molecule has 1 atom stereocenters. The summed E-state index contributed by atoms with van der Waals surface area (Å²) in [4.78, 5) is 17.5. The predicted molar refractivity (Wildman–Crippen MR) is 104 cm³/mol. The molecule has 2 aromatic rings. The minimum atomic E-state index is 0.234. The smallest absolute Gasteiger partial charge is 0.178 e. The summed E-state index contributed by atoms with van der Waals surface area (Å²) in [6.45, 7) is 11.8. The normalized spacial score (nSPS) is 18.6. The maximum absolute atomic E-state index is 12.7. The Morgan fingerprint density at radius 3 is 2.52 bits per heavy atom. The highest BCUT2D eigenvalue weighted by molar-refractivity contribution is 5.99. The highest BCUT2D eigenvalue weighted by atomic mass is 16.1. The fourth-order valence-electron chi connectivity index (χ4n) is 3.79. The third-order valence-electron chi connectivity index (χ3n) is 5.49. The number of benzene rings is 1. The monoisotopic (exact) mass is 339 g/mol. The fourth-order valence-corrected chi connectivity index (χ4v) is 3.79. The molecule has 1 aliphatic rings. The first-order valence-corrected chi connectivity index (χ1v) is 9.08. The molecule has 1 aromatic heterocycles. The van der Waals surface area contributed by atoms with Crippen molar-refractivity contribution < 1.29 is 4.79 Å². The first-order valence-electron chi connectivity index (χ1n) is 9.08. The van der Waals surface area contributed by atoms with Crippen LogP contribution in [-0.2, 0) is 7.05 Å². The minimum Gasteiger partial charge on any atom is -0.366 e. The Morgan fingerprint density at radius 2 is 1.92 bits per heavy atom. The molecule has 1 fully saturated rings. The maximum atomic E-state index is 12.7. The molecule has 1 aromatic carbocycles. The number of rotatable bonds is 4. The minimum absolute atomic E-state index is 0.234. The number of Topliss-reactive ketones (excluding diaryl/α,β-unsaturated/α-hetero) is 1. The molecule has 4 heteroatoms. The molecule has 0 bridgehead atoms. The SMILES string of the molecule is Cc1cccc(N2CCN(CC(=O)c3cc(C)n(C)c3C)CC2C)c1. The molecule has 134 valence electrons. The molecule has 4 nitrogen and oxygen atoms in total. The van der Waals surface area contributed by atoms with E-state index in [2.05, 4.69) is 52.5 Å². The van der Waals surface area contributed by atoms with Crippen molar-refractivity contribution in [3.8, 4) is 0 Å². The van der Waals surface area contributed by atoms with E-state index < -0.39 is 0 Å². The van der Waals surface area contributed by atoms with Crippen molar-refractivity contribution in [1.29, 1.82) is 0 Å². The molecule has 0 saturated carbocycles. The zero-order valence-corrected chi connectivity index (χ0v) is 16.0. The summed E-state index contributed by atoms with van der Waals surface area (Å²) in [7, 11) is 2.02. The molecule has 1 saturated heterocycles. The van der Waals surface area contributed by atoms with E-state index >= 15 is 0 Å². The van der Waals surface area contributed by atoms with E-state index in [0.29, 0.717) is 12.6 Å². The van der Waals surface area contributed by atoms with E-state index in [-0.39, 0.29) is 5.78 Å². The molecule has 1 aliphatic heterocycles. The van der Waals surface area contributed by atoms with E-state index in [4.69, 9.17) is 0 Å². The molecule has 0 radical (unpaired) electrons. The van der Waals surface area contributed by atoms with Crippen LogP contribution < -0.4 is 4.90 Å². The zero-order valence-electron chi connectivity index (χ0n) is 16.0. The lowest BCUT2D eigenvalue weighted by Gasteiger charge is -2.41. The van der Waals surface area contributed by atoms with Gasteiger partial charge in [0.2, 0.25) is 0 Å². The Morgan fingerprint density at radius 1 is 1.16 bits per heavy atom. The van der Waals surface area contributed by atoms with Crippen LogP contribution in [0.2, 0.25) is 0 Å². The number of hydrogen-bond donors (Lipinski definition) is 0. The van der Waals surface area contributed by atoms with Gasteiger partial charge in [0.05, 0.1) is 6.54 Å². The van der Waals surface area contributed by atoms with Crippen molar-refractivity contribution in [2.45, 2.75) is 33.7 Å². The molecule has 2 heterocycles. The van der Waals surface area contributed by atoms with Gasteiger partial charge >= 0.3 is 0 Å². The third-order valence-corrected chi connectivity index (χ3v) is 5.49. The molecular formula is C21H29N3O. The number of ketones is 1. The number of carbonyl (C=O) groups excluding carboxylic acids is 1. The van der Waals surface area contributed by atoms with Gasteiger partial charge in [-0.15, -0.1) is 0 Å². The summed E-state index contributed by atoms with van der Waals surface area (Å²) in [6.07, 6.45) is 0. The summed E-state index contributed by atoms with van der Waals surface area (Å²) >= 11 is 0. The largest absolute Gasteiger partial charge is 0.366 e. The van der Waals surface area contributed by atoms with Gasteiger partial charge in [0.15, 0.2) is 5.78 Å². The summed E-state index contributed by atoms with van der Waals surface area (Å²) < 4.78 is 2.09. The summed E-state index contributed by atoms with van der Waals surface area (Å²) in [5.41, 5.74) is 5.64. The Labute approximate surface area is 151 Å². The number of hydrogen-bond acceptors (Lipinski definition) is 3. The van der Waals surface area contributed by atoms with Gasteiger partial charge in [0.1, 0.15) is 0 Å². The number of aryl methyl sites for hydroxylation is 2. The molecule has 0 N–H and O–H groups in total.